The smallest absolute Gasteiger partial charge is 0.266 e. The Labute approximate surface area is 202 Å². The van der Waals surface area contributed by atoms with E-state index in [-0.39, 0.29) is 17.2 Å². The topological polar surface area (TPSA) is 76.3 Å². The highest BCUT2D eigenvalue weighted by atomic mass is 32.2. The van der Waals surface area contributed by atoms with Crippen molar-refractivity contribution in [2.45, 2.75) is 31.8 Å². The van der Waals surface area contributed by atoms with E-state index in [2.05, 4.69) is 41.5 Å². The van der Waals surface area contributed by atoms with Crippen LogP contribution in [0.5, 0.6) is 0 Å². The Morgan fingerprint density at radius 3 is 2.47 bits per heavy atom. The molecule has 6 nitrogen and oxygen atoms in total. The molecule has 0 saturated carbocycles. The second-order valence-corrected chi connectivity index (χ2v) is 9.23. The zero-order chi connectivity index (χ0) is 24.1. The van der Waals surface area contributed by atoms with Crippen molar-refractivity contribution in [3.8, 4) is 5.69 Å². The third kappa shape index (κ3) is 5.43. The molecule has 0 bridgehead atoms. The van der Waals surface area contributed by atoms with Crippen LogP contribution in [0.4, 0.5) is 0 Å². The maximum atomic E-state index is 13.3. The summed E-state index contributed by atoms with van der Waals surface area (Å²) in [4.78, 5) is 30.4. The fourth-order valence-electron chi connectivity index (χ4n) is 3.44. The van der Waals surface area contributed by atoms with E-state index in [1.807, 2.05) is 55.5 Å². The van der Waals surface area contributed by atoms with Crippen molar-refractivity contribution in [2.75, 3.05) is 5.75 Å². The van der Waals surface area contributed by atoms with Crippen LogP contribution in [0.1, 0.15) is 36.5 Å². The maximum Gasteiger partial charge on any atom is 0.266 e. The molecule has 1 aromatic heterocycles. The summed E-state index contributed by atoms with van der Waals surface area (Å²) in [6.45, 7) is 6.28. The number of para-hydroxylation sites is 1. The standard InChI is InChI=1S/C27H26N4O2S/c1-18(2)21-12-10-20(11-13-21)16-28-30-25(32)17-34-27-29-24-7-5-4-6-23(24)26(33)31(27)22-14-8-19(3)9-15-22/h4-16,18H,17H2,1-3H3,(H,30,32)/b28-16-. The molecule has 4 aromatic rings. The summed E-state index contributed by atoms with van der Waals surface area (Å²) in [5.74, 6) is 0.252. The number of benzene rings is 3. The fraction of sp³-hybridized carbons (Fsp3) is 0.185. The number of aryl methyl sites for hydroxylation is 1. The quantitative estimate of drug-likeness (QED) is 0.177. The molecular weight excluding hydrogens is 444 g/mol. The summed E-state index contributed by atoms with van der Waals surface area (Å²) in [5.41, 5.74) is 6.94. The number of thioether (sulfide) groups is 1. The molecule has 0 spiro atoms. The van der Waals surface area contributed by atoms with Gasteiger partial charge in [0, 0.05) is 0 Å². The lowest BCUT2D eigenvalue weighted by atomic mass is 10.0. The van der Waals surface area contributed by atoms with Gasteiger partial charge in [-0.15, -0.1) is 0 Å². The number of carbonyl (C=O) groups is 1. The molecule has 0 saturated heterocycles. The van der Waals surface area contributed by atoms with Gasteiger partial charge in [-0.05, 0) is 48.2 Å². The van der Waals surface area contributed by atoms with Crippen molar-refractivity contribution in [3.05, 3.63) is 99.8 Å². The number of carbonyl (C=O) groups excluding carboxylic acids is 1. The first-order valence-corrected chi connectivity index (χ1v) is 12.0. The second-order valence-electron chi connectivity index (χ2n) is 8.29. The van der Waals surface area contributed by atoms with Gasteiger partial charge >= 0.3 is 0 Å². The minimum atomic E-state index is -0.280. The molecule has 0 fully saturated rings. The average Bonchev–Trinajstić information content (AvgIpc) is 2.84. The van der Waals surface area contributed by atoms with Gasteiger partial charge < -0.3 is 0 Å². The third-order valence-corrected chi connectivity index (χ3v) is 6.31. The van der Waals surface area contributed by atoms with Crippen LogP contribution in [0.2, 0.25) is 0 Å². The summed E-state index contributed by atoms with van der Waals surface area (Å²) < 4.78 is 1.55. The second kappa shape index (κ2) is 10.5. The zero-order valence-electron chi connectivity index (χ0n) is 19.4. The first kappa shape index (κ1) is 23.4. The highest BCUT2D eigenvalue weighted by molar-refractivity contribution is 7.99. The summed E-state index contributed by atoms with van der Waals surface area (Å²) in [5, 5.41) is 5.05. The summed E-state index contributed by atoms with van der Waals surface area (Å²) in [7, 11) is 0. The highest BCUT2D eigenvalue weighted by Gasteiger charge is 2.14. The molecule has 4 rings (SSSR count). The van der Waals surface area contributed by atoms with Crippen LogP contribution in [0, 0.1) is 6.92 Å². The lowest BCUT2D eigenvalue weighted by molar-refractivity contribution is -0.118. The summed E-state index contributed by atoms with van der Waals surface area (Å²) in [6, 6.07) is 22.9. The molecule has 0 radical (unpaired) electrons. The molecule has 0 atom stereocenters. The Morgan fingerprint density at radius 1 is 1.06 bits per heavy atom. The van der Waals surface area contributed by atoms with E-state index in [0.717, 1.165) is 11.1 Å². The highest BCUT2D eigenvalue weighted by Crippen LogP contribution is 2.21. The van der Waals surface area contributed by atoms with Crippen molar-refractivity contribution in [3.63, 3.8) is 0 Å². The van der Waals surface area contributed by atoms with Gasteiger partial charge in [0.25, 0.3) is 11.5 Å². The molecule has 1 heterocycles. The Bertz CT molecular complexity index is 1390. The van der Waals surface area contributed by atoms with Crippen LogP contribution in [0.15, 0.2) is 87.8 Å². The van der Waals surface area contributed by atoms with E-state index in [0.29, 0.717) is 27.7 Å². The number of amides is 1. The van der Waals surface area contributed by atoms with Gasteiger partial charge in [0.15, 0.2) is 5.16 Å². The van der Waals surface area contributed by atoms with Gasteiger partial charge in [0.05, 0.1) is 28.6 Å². The van der Waals surface area contributed by atoms with Gasteiger partial charge in [-0.2, -0.15) is 5.10 Å². The number of rotatable bonds is 7. The molecular formula is C27H26N4O2S. The third-order valence-electron chi connectivity index (χ3n) is 5.38. The SMILES string of the molecule is Cc1ccc(-n2c(SCC(=O)N/N=C\c3ccc(C(C)C)cc3)nc3ccccc3c2=O)cc1. The average molecular weight is 471 g/mol. The van der Waals surface area contributed by atoms with Crippen molar-refractivity contribution in [2.24, 2.45) is 5.10 Å². The first-order chi connectivity index (χ1) is 16.4. The van der Waals surface area contributed by atoms with Crippen LogP contribution < -0.4 is 11.0 Å². The summed E-state index contributed by atoms with van der Waals surface area (Å²) >= 11 is 1.20. The van der Waals surface area contributed by atoms with Crippen molar-refractivity contribution < 1.29 is 4.79 Å². The Balaban J connectivity index is 1.51. The monoisotopic (exact) mass is 470 g/mol. The number of hydrazone groups is 1. The van der Waals surface area contributed by atoms with Crippen molar-refractivity contribution in [1.82, 2.24) is 15.0 Å². The number of nitrogens with zero attached hydrogens (tertiary/aromatic N) is 3. The van der Waals surface area contributed by atoms with Crippen LogP contribution in [0.3, 0.4) is 0 Å². The molecule has 0 aliphatic heterocycles. The molecule has 1 amide bonds. The first-order valence-electron chi connectivity index (χ1n) is 11.1. The summed E-state index contributed by atoms with van der Waals surface area (Å²) in [6.07, 6.45) is 1.61. The van der Waals surface area contributed by atoms with E-state index in [4.69, 9.17) is 0 Å². The number of aromatic nitrogens is 2. The fourth-order valence-corrected chi connectivity index (χ4v) is 4.24. The van der Waals surface area contributed by atoms with E-state index in [1.165, 1.54) is 17.3 Å². The minimum Gasteiger partial charge on any atom is -0.272 e. The van der Waals surface area contributed by atoms with Gasteiger partial charge in [-0.25, -0.2) is 10.4 Å². The van der Waals surface area contributed by atoms with E-state index >= 15 is 0 Å². The molecule has 0 aliphatic carbocycles. The molecule has 0 unspecified atom stereocenters. The number of nitrogens with one attached hydrogen (secondary N) is 1. The number of hydrogen-bond donors (Lipinski definition) is 1. The maximum absolute atomic E-state index is 13.3. The van der Waals surface area contributed by atoms with Crippen LogP contribution in [0.25, 0.3) is 16.6 Å². The van der Waals surface area contributed by atoms with Gasteiger partial charge in [0.2, 0.25) is 0 Å². The largest absolute Gasteiger partial charge is 0.272 e. The van der Waals surface area contributed by atoms with E-state index < -0.39 is 0 Å². The predicted molar refractivity (Wildman–Crippen MR) is 139 cm³/mol. The lowest BCUT2D eigenvalue weighted by Crippen LogP contribution is -2.24. The molecule has 0 aliphatic rings. The zero-order valence-corrected chi connectivity index (χ0v) is 20.2. The van der Waals surface area contributed by atoms with Gasteiger partial charge in [0.1, 0.15) is 0 Å². The van der Waals surface area contributed by atoms with Gasteiger partial charge in [-0.1, -0.05) is 79.7 Å². The van der Waals surface area contributed by atoms with Crippen molar-refractivity contribution >= 4 is 34.8 Å². The van der Waals surface area contributed by atoms with E-state index in [1.54, 1.807) is 22.9 Å². The molecule has 3 aromatic carbocycles. The van der Waals surface area contributed by atoms with Gasteiger partial charge in [-0.3, -0.25) is 14.2 Å². The van der Waals surface area contributed by atoms with Crippen LogP contribution in [-0.2, 0) is 4.79 Å². The van der Waals surface area contributed by atoms with E-state index in [9.17, 15) is 9.59 Å². The number of fused-ring (bicyclic) bond motifs is 1. The molecule has 7 heteroatoms. The lowest BCUT2D eigenvalue weighted by Gasteiger charge is -2.13. The number of hydrogen-bond acceptors (Lipinski definition) is 5. The minimum absolute atomic E-state index is 0.0697. The Kier molecular flexibility index (Phi) is 7.23. The normalized spacial score (nSPS) is 11.4. The predicted octanol–water partition coefficient (Wildman–Crippen LogP) is 5.06. The molecule has 172 valence electrons. The van der Waals surface area contributed by atoms with Crippen LogP contribution in [-0.4, -0.2) is 27.4 Å². The van der Waals surface area contributed by atoms with Crippen molar-refractivity contribution in [1.29, 1.82) is 0 Å². The Morgan fingerprint density at radius 2 is 1.76 bits per heavy atom. The van der Waals surface area contributed by atoms with Crippen LogP contribution >= 0.6 is 11.8 Å². The Hall–Kier alpha value is -3.71. The molecule has 34 heavy (non-hydrogen) atoms. The molecule has 1 N–H and O–H groups in total.